The third-order valence-corrected chi connectivity index (χ3v) is 8.35. The molecule has 52 heavy (non-hydrogen) atoms. The Morgan fingerprint density at radius 2 is 1.56 bits per heavy atom. The number of halogens is 1. The number of hydrogen-bond acceptors (Lipinski definition) is 8. The Morgan fingerprint density at radius 1 is 0.865 bits per heavy atom. The summed E-state index contributed by atoms with van der Waals surface area (Å²) in [5.41, 5.74) is 2.57. The topological polar surface area (TPSA) is 140 Å². The fraction of sp³-hybridized carbons (Fsp3) is 0.425. The smallest absolute Gasteiger partial charge is 0.408 e. The molecule has 11 nitrogen and oxygen atoms in total. The second-order valence-corrected chi connectivity index (χ2v) is 15.3. The van der Waals surface area contributed by atoms with Crippen molar-refractivity contribution in [3.8, 4) is 0 Å². The van der Waals surface area contributed by atoms with Crippen LogP contribution in [0.4, 0.5) is 16.2 Å². The monoisotopic (exact) mass is 733 g/mol. The molecule has 1 aliphatic heterocycles. The Morgan fingerprint density at radius 3 is 2.21 bits per heavy atom. The largest absolute Gasteiger partial charge is 0.460 e. The van der Waals surface area contributed by atoms with Gasteiger partial charge >= 0.3 is 18.0 Å². The summed E-state index contributed by atoms with van der Waals surface area (Å²) >= 11 is 6.42. The molecule has 1 unspecified atom stereocenters. The maximum atomic E-state index is 14.1. The average Bonchev–Trinajstić information content (AvgIpc) is 3.20. The SMILES string of the molecule is Cc1ccccc1C(=O)Nc1ccc(C(=O)N2CCCC(OC(=O)N[C@@H](CCC(=O)OC(C)(C)C)C(=O)OC(C)(C)C)c3cc(Cl)ccc32)c(C)c1. The van der Waals surface area contributed by atoms with Gasteiger partial charge in [-0.1, -0.05) is 29.8 Å². The fourth-order valence-corrected chi connectivity index (χ4v) is 5.99. The minimum atomic E-state index is -1.19. The molecule has 2 atom stereocenters. The molecule has 12 heteroatoms. The number of nitrogens with zero attached hydrogens (tertiary/aromatic N) is 1. The minimum Gasteiger partial charge on any atom is -0.460 e. The number of anilines is 2. The summed E-state index contributed by atoms with van der Waals surface area (Å²) in [6.07, 6.45) is -1.07. The second-order valence-electron chi connectivity index (χ2n) is 14.9. The number of alkyl carbamates (subject to hydrolysis) is 1. The average molecular weight is 734 g/mol. The van der Waals surface area contributed by atoms with Crippen molar-refractivity contribution in [3.05, 3.63) is 93.5 Å². The third kappa shape index (κ3) is 11.0. The summed E-state index contributed by atoms with van der Waals surface area (Å²) in [7, 11) is 0. The van der Waals surface area contributed by atoms with Crippen molar-refractivity contribution in [1.82, 2.24) is 5.32 Å². The van der Waals surface area contributed by atoms with Crippen LogP contribution in [-0.4, -0.2) is 53.6 Å². The summed E-state index contributed by atoms with van der Waals surface area (Å²) in [5, 5.41) is 5.88. The molecule has 278 valence electrons. The van der Waals surface area contributed by atoms with E-state index in [2.05, 4.69) is 10.6 Å². The highest BCUT2D eigenvalue weighted by Crippen LogP contribution is 2.38. The zero-order valence-electron chi connectivity index (χ0n) is 31.1. The van der Waals surface area contributed by atoms with Crippen LogP contribution in [0.1, 0.15) is 111 Å². The van der Waals surface area contributed by atoms with Gasteiger partial charge in [-0.25, -0.2) is 9.59 Å². The highest BCUT2D eigenvalue weighted by atomic mass is 35.5. The van der Waals surface area contributed by atoms with Gasteiger partial charge in [0.25, 0.3) is 11.8 Å². The zero-order chi connectivity index (χ0) is 38.4. The predicted molar refractivity (Wildman–Crippen MR) is 200 cm³/mol. The van der Waals surface area contributed by atoms with Crippen LogP contribution in [0.3, 0.4) is 0 Å². The van der Waals surface area contributed by atoms with Gasteiger partial charge in [-0.2, -0.15) is 0 Å². The normalized spacial score (nSPS) is 15.0. The maximum Gasteiger partial charge on any atom is 0.408 e. The highest BCUT2D eigenvalue weighted by Gasteiger charge is 2.33. The molecule has 1 aliphatic rings. The van der Waals surface area contributed by atoms with Crippen LogP contribution in [0.2, 0.25) is 5.02 Å². The Labute approximate surface area is 310 Å². The number of ether oxygens (including phenoxy) is 3. The zero-order valence-corrected chi connectivity index (χ0v) is 31.8. The standard InChI is InChI=1S/C40H48ClN3O8/c1-24-12-9-10-13-28(24)35(46)42-27-16-17-29(25(2)22-27)36(47)44-21-11-14-33(30-23-26(41)15-19-32(30)44)50-38(49)43-31(37(48)52-40(6,7)8)18-20-34(45)51-39(3,4)5/h9-10,12-13,15-17,19,22-23,31,33H,11,14,18,20-21H2,1-8H3,(H,42,46)(H,43,49)/t31-,33?/m0/s1. The van der Waals surface area contributed by atoms with Crippen molar-refractivity contribution < 1.29 is 38.2 Å². The fourth-order valence-electron chi connectivity index (χ4n) is 5.81. The van der Waals surface area contributed by atoms with Crippen molar-refractivity contribution in [1.29, 1.82) is 0 Å². The Kier molecular flexibility index (Phi) is 12.8. The minimum absolute atomic E-state index is 0.0675. The van der Waals surface area contributed by atoms with Crippen LogP contribution in [0, 0.1) is 13.8 Å². The summed E-state index contributed by atoms with van der Waals surface area (Å²) in [4.78, 5) is 67.5. The first-order valence-electron chi connectivity index (χ1n) is 17.3. The molecule has 0 saturated heterocycles. The molecule has 0 aliphatic carbocycles. The molecule has 3 amide bonds. The quantitative estimate of drug-likeness (QED) is 0.166. The first kappa shape index (κ1) is 39.9. The molecule has 3 aromatic rings. The Bertz CT molecular complexity index is 1830. The van der Waals surface area contributed by atoms with Crippen LogP contribution in [0.25, 0.3) is 0 Å². The van der Waals surface area contributed by atoms with E-state index in [1.54, 1.807) is 102 Å². The molecular weight excluding hydrogens is 686 g/mol. The lowest BCUT2D eigenvalue weighted by Crippen LogP contribution is -2.45. The van der Waals surface area contributed by atoms with E-state index in [1.165, 1.54) is 0 Å². The Hall–Kier alpha value is -4.90. The maximum absolute atomic E-state index is 14.1. The number of amides is 3. The van der Waals surface area contributed by atoms with Crippen LogP contribution in [0.5, 0.6) is 0 Å². The van der Waals surface area contributed by atoms with E-state index in [0.29, 0.717) is 58.0 Å². The van der Waals surface area contributed by atoms with Gasteiger partial charge in [0.05, 0.1) is 5.69 Å². The van der Waals surface area contributed by atoms with Crippen LogP contribution < -0.4 is 15.5 Å². The molecule has 4 rings (SSSR count). The third-order valence-electron chi connectivity index (χ3n) is 8.11. The second kappa shape index (κ2) is 16.6. The number of nitrogens with one attached hydrogen (secondary N) is 2. The number of benzene rings is 3. The first-order valence-corrected chi connectivity index (χ1v) is 17.7. The molecule has 0 aromatic heterocycles. The van der Waals surface area contributed by atoms with E-state index >= 15 is 0 Å². The van der Waals surface area contributed by atoms with Crippen LogP contribution in [-0.2, 0) is 23.8 Å². The van der Waals surface area contributed by atoms with E-state index in [-0.39, 0.29) is 24.7 Å². The summed E-state index contributed by atoms with van der Waals surface area (Å²) < 4.78 is 16.8. The Balaban J connectivity index is 1.52. The summed E-state index contributed by atoms with van der Waals surface area (Å²) in [5.74, 6) is -1.75. The molecule has 1 heterocycles. The number of hydrogen-bond donors (Lipinski definition) is 2. The molecule has 3 aromatic carbocycles. The molecular formula is C40H48ClN3O8. The number of aryl methyl sites for hydroxylation is 2. The molecule has 0 bridgehead atoms. The van der Waals surface area contributed by atoms with E-state index in [1.807, 2.05) is 19.1 Å². The van der Waals surface area contributed by atoms with E-state index in [4.69, 9.17) is 25.8 Å². The van der Waals surface area contributed by atoms with E-state index < -0.39 is 41.4 Å². The summed E-state index contributed by atoms with van der Waals surface area (Å²) in [6.45, 7) is 14.3. The lowest BCUT2D eigenvalue weighted by molar-refractivity contribution is -0.158. The summed E-state index contributed by atoms with van der Waals surface area (Å²) in [6, 6.07) is 16.3. The van der Waals surface area contributed by atoms with Crippen molar-refractivity contribution in [2.24, 2.45) is 0 Å². The molecule has 0 spiro atoms. The number of rotatable bonds is 9. The molecule has 2 N–H and O–H groups in total. The van der Waals surface area contributed by atoms with Gasteiger partial charge in [0.15, 0.2) is 0 Å². The number of fused-ring (bicyclic) bond motifs is 1. The number of esters is 2. The van der Waals surface area contributed by atoms with Gasteiger partial charge in [0, 0.05) is 40.4 Å². The molecule has 0 saturated carbocycles. The molecule has 0 fully saturated rings. The molecule has 0 radical (unpaired) electrons. The predicted octanol–water partition coefficient (Wildman–Crippen LogP) is 8.25. The van der Waals surface area contributed by atoms with Gasteiger partial charge in [-0.3, -0.25) is 14.4 Å². The van der Waals surface area contributed by atoms with Crippen molar-refractivity contribution in [2.75, 3.05) is 16.8 Å². The highest BCUT2D eigenvalue weighted by molar-refractivity contribution is 6.30. The van der Waals surface area contributed by atoms with Crippen LogP contribution in [0.15, 0.2) is 60.7 Å². The van der Waals surface area contributed by atoms with E-state index in [0.717, 1.165) is 5.56 Å². The van der Waals surface area contributed by atoms with Crippen molar-refractivity contribution in [2.45, 2.75) is 104 Å². The van der Waals surface area contributed by atoms with Crippen molar-refractivity contribution >= 4 is 52.8 Å². The number of carbonyl (C=O) groups is 5. The van der Waals surface area contributed by atoms with Gasteiger partial charge in [-0.15, -0.1) is 0 Å². The first-order chi connectivity index (χ1) is 24.3. The van der Waals surface area contributed by atoms with E-state index in [9.17, 15) is 24.0 Å². The lowest BCUT2D eigenvalue weighted by Gasteiger charge is -2.26. The van der Waals surface area contributed by atoms with Gasteiger partial charge in [0.1, 0.15) is 23.3 Å². The van der Waals surface area contributed by atoms with Gasteiger partial charge < -0.3 is 29.7 Å². The van der Waals surface area contributed by atoms with Gasteiger partial charge in [-0.05, 0) is 128 Å². The number of carbonyl (C=O) groups excluding carboxylic acids is 5. The van der Waals surface area contributed by atoms with Gasteiger partial charge in [0.2, 0.25) is 0 Å². The lowest BCUT2D eigenvalue weighted by atomic mass is 10.0. The van der Waals surface area contributed by atoms with Crippen molar-refractivity contribution in [3.63, 3.8) is 0 Å². The van der Waals surface area contributed by atoms with Crippen LogP contribution >= 0.6 is 11.6 Å².